The maximum Gasteiger partial charge on any atom is 0.306 e. The Morgan fingerprint density at radius 1 is 1.28 bits per heavy atom. The second-order valence-corrected chi connectivity index (χ2v) is 4.33. The van der Waals surface area contributed by atoms with Crippen LogP contribution in [0.15, 0.2) is 36.3 Å². The van der Waals surface area contributed by atoms with Crippen molar-refractivity contribution < 1.29 is 33.7 Å². The van der Waals surface area contributed by atoms with E-state index in [0.717, 1.165) is 10.6 Å². The predicted molar refractivity (Wildman–Crippen MR) is 49.1 cm³/mol. The van der Waals surface area contributed by atoms with Crippen molar-refractivity contribution in [3.63, 3.8) is 0 Å². The number of fused-ring (bicyclic) bond motifs is 1. The van der Waals surface area contributed by atoms with Gasteiger partial charge < -0.3 is 4.90 Å². The van der Waals surface area contributed by atoms with E-state index in [1.165, 1.54) is 0 Å². The molecule has 2 aliphatic heterocycles. The Bertz CT molecular complexity index is 409. The molecular formula is C9H12ClN3O5. The summed E-state index contributed by atoms with van der Waals surface area (Å²) in [5, 5.41) is 1.60. The van der Waals surface area contributed by atoms with Gasteiger partial charge in [-0.1, -0.05) is 11.1 Å². The first-order valence-corrected chi connectivity index (χ1v) is 6.09. The Morgan fingerprint density at radius 2 is 1.83 bits per heavy atom. The molecule has 0 saturated heterocycles. The molecule has 8 nitrogen and oxygen atoms in total. The molecule has 0 aromatic rings. The van der Waals surface area contributed by atoms with Crippen molar-refractivity contribution in [1.82, 2.24) is 9.91 Å². The van der Waals surface area contributed by atoms with Gasteiger partial charge in [0.15, 0.2) is 4.87 Å². The minimum Gasteiger partial charge on any atom is -0.316 e. The smallest absolute Gasteiger partial charge is 0.306 e. The Balaban J connectivity index is 0.000000280. The van der Waals surface area contributed by atoms with Crippen molar-refractivity contribution in [2.45, 2.75) is 13.1 Å². The summed E-state index contributed by atoms with van der Waals surface area (Å²) >= 11 is 0. The lowest BCUT2D eigenvalue weighted by Crippen LogP contribution is -2.68. The monoisotopic (exact) mass is 277 g/mol. The van der Waals surface area contributed by atoms with Crippen LogP contribution in [0.5, 0.6) is 0 Å². The number of rotatable bonds is 0. The van der Waals surface area contributed by atoms with Crippen LogP contribution >= 0.6 is 0 Å². The number of allylic oxidation sites excluding steroid dienone is 3. The third-order valence-electron chi connectivity index (χ3n) is 2.33. The highest BCUT2D eigenvalue weighted by Crippen LogP contribution is 2.20. The van der Waals surface area contributed by atoms with E-state index in [4.69, 9.17) is 18.6 Å². The molecule has 0 aliphatic carbocycles. The molecule has 0 N–H and O–H groups in total. The van der Waals surface area contributed by atoms with Crippen molar-refractivity contribution in [1.29, 1.82) is 0 Å². The van der Waals surface area contributed by atoms with Gasteiger partial charge in [0.25, 0.3) is 0 Å². The van der Waals surface area contributed by atoms with Crippen LogP contribution in [0.1, 0.15) is 6.92 Å². The van der Waals surface area contributed by atoms with E-state index >= 15 is 0 Å². The Hall–Kier alpha value is -1.45. The first kappa shape index (κ1) is 14.6. The van der Waals surface area contributed by atoms with Crippen molar-refractivity contribution in [2.75, 3.05) is 7.05 Å². The maximum atomic E-state index is 11.6. The third-order valence-corrected chi connectivity index (χ3v) is 2.33. The molecule has 18 heavy (non-hydrogen) atoms. The largest absolute Gasteiger partial charge is 0.316 e. The second kappa shape index (κ2) is 5.46. The summed E-state index contributed by atoms with van der Waals surface area (Å²) in [5.74, 6) is 0. The molecule has 0 bridgehead atoms. The molecule has 0 radical (unpaired) electrons. The molecular weight excluding hydrogens is 266 g/mol. The minimum absolute atomic E-state index is 0.153. The molecule has 0 saturated carbocycles. The average Bonchev–Trinajstić information content (AvgIpc) is 2.24. The molecule has 2 rings (SSSR count). The van der Waals surface area contributed by atoms with Crippen LogP contribution in [0.25, 0.3) is 0 Å². The summed E-state index contributed by atoms with van der Waals surface area (Å²) < 4.78 is 34.0. The normalized spacial score (nSPS) is 22.2. The van der Waals surface area contributed by atoms with Gasteiger partial charge in [-0.05, 0) is 12.2 Å². The lowest BCUT2D eigenvalue weighted by molar-refractivity contribution is -2.00. The molecule has 0 spiro atoms. The zero-order chi connectivity index (χ0) is 13.9. The first-order chi connectivity index (χ1) is 8.20. The van der Waals surface area contributed by atoms with Crippen LogP contribution in [0.3, 0.4) is 0 Å². The van der Waals surface area contributed by atoms with Gasteiger partial charge in [0, 0.05) is 20.2 Å². The maximum absolute atomic E-state index is 11.6. The molecule has 9 heteroatoms. The van der Waals surface area contributed by atoms with Crippen molar-refractivity contribution in [3.8, 4) is 0 Å². The molecule has 2 heterocycles. The minimum atomic E-state index is -4.94. The van der Waals surface area contributed by atoms with E-state index in [9.17, 15) is 4.91 Å². The molecule has 1 unspecified atom stereocenters. The fourth-order valence-corrected chi connectivity index (χ4v) is 1.38. The summed E-state index contributed by atoms with van der Waals surface area (Å²) in [6, 6.07) is 0. The number of hydrazine groups is 1. The predicted octanol–water partition coefficient (Wildman–Crippen LogP) is -3.56. The standard InChI is InChI=1S/C9H12N3O.ClHO4/c1-8-10(2)7-9-5-3-4-6-11(9)12(8)13;2-1(3,4)5/h3-8H,1-2H3;(H,2,3,4,5)/q+1;/p-1. The molecule has 0 amide bonds. The molecule has 0 aromatic heterocycles. The highest BCUT2D eigenvalue weighted by molar-refractivity contribution is 5.26. The molecule has 1 atom stereocenters. The highest BCUT2D eigenvalue weighted by Gasteiger charge is 2.36. The van der Waals surface area contributed by atoms with Gasteiger partial charge in [-0.25, -0.2) is 18.6 Å². The average molecular weight is 278 g/mol. The topological polar surface area (TPSA) is 119 Å². The molecule has 100 valence electrons. The van der Waals surface area contributed by atoms with E-state index in [-0.39, 0.29) is 6.17 Å². The summed E-state index contributed by atoms with van der Waals surface area (Å²) in [7, 11) is -3.05. The first-order valence-electron chi connectivity index (χ1n) is 4.86. The van der Waals surface area contributed by atoms with Crippen LogP contribution in [-0.4, -0.2) is 28.0 Å². The quantitative estimate of drug-likeness (QED) is 0.420. The Morgan fingerprint density at radius 3 is 2.39 bits per heavy atom. The van der Waals surface area contributed by atoms with Gasteiger partial charge in [-0.15, -0.1) is 10.2 Å². The van der Waals surface area contributed by atoms with Gasteiger partial charge in [-0.3, -0.25) is 0 Å². The van der Waals surface area contributed by atoms with Gasteiger partial charge in [0.1, 0.15) is 5.70 Å². The number of nitrogens with zero attached hydrogens (tertiary/aromatic N) is 3. The highest BCUT2D eigenvalue weighted by atomic mass is 35.7. The Kier molecular flexibility index (Phi) is 4.43. The van der Waals surface area contributed by atoms with E-state index in [2.05, 4.69) is 0 Å². The summed E-state index contributed by atoms with van der Waals surface area (Å²) in [5.41, 5.74) is 0.901. The van der Waals surface area contributed by atoms with Gasteiger partial charge >= 0.3 is 6.17 Å². The van der Waals surface area contributed by atoms with Crippen molar-refractivity contribution in [3.05, 3.63) is 41.2 Å². The SMILES string of the molecule is CC1N(C)C=C2C=CC=CN2[N+]1=O.[O-][Cl+3]([O-])([O-])[O-]. The lowest BCUT2D eigenvalue weighted by Gasteiger charge is -2.27. The van der Waals surface area contributed by atoms with E-state index in [1.807, 2.05) is 43.3 Å². The van der Waals surface area contributed by atoms with Crippen LogP contribution in [0.2, 0.25) is 0 Å². The zero-order valence-corrected chi connectivity index (χ0v) is 10.5. The molecule has 0 aromatic carbocycles. The summed E-state index contributed by atoms with van der Waals surface area (Å²) in [4.78, 5) is 14.5. The van der Waals surface area contributed by atoms with E-state index < -0.39 is 10.2 Å². The third kappa shape index (κ3) is 4.09. The van der Waals surface area contributed by atoms with Crippen LogP contribution in [0, 0.1) is 15.2 Å². The van der Waals surface area contributed by atoms with Gasteiger partial charge in [0.05, 0.1) is 11.1 Å². The fraction of sp³-hybridized carbons (Fsp3) is 0.333. The summed E-state index contributed by atoms with van der Waals surface area (Å²) in [6.07, 6.45) is 9.24. The van der Waals surface area contributed by atoms with Crippen molar-refractivity contribution in [2.24, 2.45) is 0 Å². The summed E-state index contributed by atoms with van der Waals surface area (Å²) in [6.45, 7) is 1.87. The van der Waals surface area contributed by atoms with Crippen LogP contribution in [-0.2, 0) is 0 Å². The van der Waals surface area contributed by atoms with Crippen molar-refractivity contribution >= 4 is 0 Å². The lowest BCUT2D eigenvalue weighted by atomic mass is 10.3. The van der Waals surface area contributed by atoms with E-state index in [0.29, 0.717) is 0 Å². The van der Waals surface area contributed by atoms with Gasteiger partial charge in [0.2, 0.25) is 0 Å². The van der Waals surface area contributed by atoms with E-state index in [1.54, 1.807) is 11.2 Å². The van der Waals surface area contributed by atoms with Gasteiger partial charge in [-0.2, -0.15) is 0 Å². The van der Waals surface area contributed by atoms with Crippen LogP contribution in [0.4, 0.5) is 0 Å². The Labute approximate surface area is 106 Å². The number of nitroso groups, excluding NO2 is 1. The second-order valence-electron chi connectivity index (χ2n) is 3.58. The fourth-order valence-electron chi connectivity index (χ4n) is 1.38. The number of hydrogen-bond donors (Lipinski definition) is 0. The number of halogens is 1. The zero-order valence-electron chi connectivity index (χ0n) is 9.72. The number of hydrogen-bond acceptors (Lipinski definition) is 6. The van der Waals surface area contributed by atoms with Crippen LogP contribution < -0.4 is 18.6 Å². The molecule has 0 fully saturated rings. The molecule has 2 aliphatic rings.